The van der Waals surface area contributed by atoms with Crippen LogP contribution in [0.5, 0.6) is 0 Å². The number of alkyl halides is 1. The van der Waals surface area contributed by atoms with Crippen LogP contribution >= 0.6 is 46.9 Å². The number of hydrogen-bond acceptors (Lipinski definition) is 5. The van der Waals surface area contributed by atoms with E-state index in [-0.39, 0.29) is 0 Å². The zero-order chi connectivity index (χ0) is 12.7. The van der Waals surface area contributed by atoms with Crippen LogP contribution in [0.25, 0.3) is 0 Å². The van der Waals surface area contributed by atoms with Gasteiger partial charge in [-0.25, -0.2) is 5.26 Å². The molecule has 0 bridgehead atoms. The van der Waals surface area contributed by atoms with Crippen molar-refractivity contribution in [2.75, 3.05) is 9.74 Å². The van der Waals surface area contributed by atoms with Crippen LogP contribution in [0.3, 0.4) is 0 Å². The van der Waals surface area contributed by atoms with E-state index in [0.29, 0.717) is 0 Å². The van der Waals surface area contributed by atoms with Crippen molar-refractivity contribution in [3.8, 4) is 0 Å². The monoisotopic (exact) mass is 385 g/mol. The SMILES string of the molecule is Cc1cc(SOOO)ccc1NC(=S)CCI. The Morgan fingerprint density at radius 1 is 1.59 bits per heavy atom. The van der Waals surface area contributed by atoms with Crippen molar-refractivity contribution in [3.63, 3.8) is 0 Å². The Labute approximate surface area is 123 Å². The van der Waals surface area contributed by atoms with Gasteiger partial charge in [-0.15, -0.1) is 4.33 Å². The van der Waals surface area contributed by atoms with Gasteiger partial charge in [0.1, 0.15) is 0 Å². The summed E-state index contributed by atoms with van der Waals surface area (Å²) in [5, 5.41) is 14.8. The minimum atomic E-state index is 0.831. The van der Waals surface area contributed by atoms with Gasteiger partial charge in [0, 0.05) is 21.4 Å². The number of rotatable bonds is 6. The molecule has 0 aromatic heterocycles. The molecule has 0 spiro atoms. The van der Waals surface area contributed by atoms with Crippen LogP contribution < -0.4 is 5.32 Å². The largest absolute Gasteiger partial charge is 0.350 e. The first-order valence-corrected chi connectivity index (χ1v) is 7.46. The van der Waals surface area contributed by atoms with Gasteiger partial charge in [-0.05, 0) is 30.7 Å². The van der Waals surface area contributed by atoms with Crippen molar-refractivity contribution in [1.82, 2.24) is 0 Å². The average Bonchev–Trinajstić information content (AvgIpc) is 2.30. The minimum absolute atomic E-state index is 0.831. The summed E-state index contributed by atoms with van der Waals surface area (Å²) in [5.41, 5.74) is 2.03. The lowest BCUT2D eigenvalue weighted by molar-refractivity contribution is -0.432. The number of nitrogens with one attached hydrogen (secondary N) is 1. The van der Waals surface area contributed by atoms with E-state index in [9.17, 15) is 0 Å². The topological polar surface area (TPSA) is 50.7 Å². The molecule has 0 saturated carbocycles. The molecule has 0 aliphatic carbocycles. The van der Waals surface area contributed by atoms with Crippen LogP contribution in [0.15, 0.2) is 23.1 Å². The van der Waals surface area contributed by atoms with Crippen LogP contribution in [0.4, 0.5) is 5.69 Å². The highest BCUT2D eigenvalue weighted by atomic mass is 127. The zero-order valence-corrected chi connectivity index (χ0v) is 12.9. The lowest BCUT2D eigenvalue weighted by Crippen LogP contribution is -2.10. The molecule has 0 amide bonds. The molecule has 0 saturated heterocycles. The summed E-state index contributed by atoms with van der Waals surface area (Å²) in [4.78, 5) is 1.67. The summed E-state index contributed by atoms with van der Waals surface area (Å²) in [7, 11) is 0. The summed E-state index contributed by atoms with van der Waals surface area (Å²) in [6.45, 7) is 1.97. The van der Waals surface area contributed by atoms with Crippen molar-refractivity contribution in [2.24, 2.45) is 0 Å². The van der Waals surface area contributed by atoms with E-state index in [2.05, 4.69) is 37.3 Å². The third-order valence-corrected chi connectivity index (χ3v) is 3.38. The molecule has 0 unspecified atom stereocenters. The van der Waals surface area contributed by atoms with Crippen LogP contribution in [0.2, 0.25) is 0 Å². The average molecular weight is 385 g/mol. The maximum absolute atomic E-state index is 8.06. The molecule has 4 nitrogen and oxygen atoms in total. The van der Waals surface area contributed by atoms with Gasteiger partial charge < -0.3 is 5.32 Å². The summed E-state index contributed by atoms with van der Waals surface area (Å²) in [5.74, 6) is 0. The molecule has 94 valence electrons. The van der Waals surface area contributed by atoms with Gasteiger partial charge in [0.05, 0.1) is 17.0 Å². The molecule has 0 fully saturated rings. The van der Waals surface area contributed by atoms with Gasteiger partial charge in [-0.3, -0.25) is 0 Å². The fourth-order valence-corrected chi connectivity index (χ4v) is 2.76. The van der Waals surface area contributed by atoms with Crippen molar-refractivity contribution in [3.05, 3.63) is 23.8 Å². The predicted molar refractivity (Wildman–Crippen MR) is 81.6 cm³/mol. The summed E-state index contributed by atoms with van der Waals surface area (Å²) >= 11 is 8.43. The summed E-state index contributed by atoms with van der Waals surface area (Å²) in [6.07, 6.45) is 0.868. The molecule has 0 atom stereocenters. The van der Waals surface area contributed by atoms with E-state index >= 15 is 0 Å². The van der Waals surface area contributed by atoms with Crippen molar-refractivity contribution in [2.45, 2.75) is 18.2 Å². The molecule has 2 N–H and O–H groups in total. The number of benzene rings is 1. The first-order valence-electron chi connectivity index (χ1n) is 4.78. The smallest absolute Gasteiger partial charge is 0.0805 e. The number of hydrogen-bond donors (Lipinski definition) is 2. The number of halogens is 1. The molecule has 0 radical (unpaired) electrons. The maximum atomic E-state index is 8.06. The summed E-state index contributed by atoms with van der Waals surface area (Å²) in [6, 6.07) is 5.68. The van der Waals surface area contributed by atoms with Crippen molar-refractivity contribution in [1.29, 1.82) is 0 Å². The van der Waals surface area contributed by atoms with Gasteiger partial charge >= 0.3 is 0 Å². The Balaban J connectivity index is 2.65. The molecular weight excluding hydrogens is 373 g/mol. The lowest BCUT2D eigenvalue weighted by atomic mass is 10.2. The highest BCUT2D eigenvalue weighted by Gasteiger charge is 2.03. The minimum Gasteiger partial charge on any atom is -0.350 e. The Hall–Kier alpha value is 0.0700. The van der Waals surface area contributed by atoms with E-state index in [1.165, 1.54) is 0 Å². The number of thiocarbonyl (C=S) groups is 1. The van der Waals surface area contributed by atoms with Crippen LogP contribution in [0, 0.1) is 6.92 Å². The molecule has 0 aliphatic heterocycles. The fourth-order valence-electron chi connectivity index (χ4n) is 1.18. The second-order valence-corrected chi connectivity index (χ2v) is 5.54. The normalized spacial score (nSPS) is 10.3. The van der Waals surface area contributed by atoms with Crippen molar-refractivity contribution < 1.29 is 14.6 Å². The first-order chi connectivity index (χ1) is 8.17. The third-order valence-electron chi connectivity index (χ3n) is 1.95. The quantitative estimate of drug-likeness (QED) is 0.193. The molecule has 0 heterocycles. The van der Waals surface area contributed by atoms with Gasteiger partial charge in [0.15, 0.2) is 0 Å². The van der Waals surface area contributed by atoms with Gasteiger partial charge in [-0.1, -0.05) is 39.8 Å². The van der Waals surface area contributed by atoms with Gasteiger partial charge in [-0.2, -0.15) is 0 Å². The maximum Gasteiger partial charge on any atom is 0.0805 e. The second kappa shape index (κ2) is 8.22. The Morgan fingerprint density at radius 2 is 2.35 bits per heavy atom. The van der Waals surface area contributed by atoms with E-state index < -0.39 is 0 Å². The van der Waals surface area contributed by atoms with Gasteiger partial charge in [0.2, 0.25) is 0 Å². The Bertz CT molecular complexity index is 390. The van der Waals surface area contributed by atoms with E-state index in [1.54, 1.807) is 0 Å². The highest BCUT2D eigenvalue weighted by molar-refractivity contribution is 14.1. The fraction of sp³-hybridized carbons (Fsp3) is 0.300. The molecule has 1 aromatic rings. The van der Waals surface area contributed by atoms with E-state index in [4.69, 9.17) is 17.5 Å². The molecule has 1 rings (SSSR count). The Kier molecular flexibility index (Phi) is 7.32. The van der Waals surface area contributed by atoms with E-state index in [1.807, 2.05) is 25.1 Å². The molecule has 0 aliphatic rings. The molecule has 1 aromatic carbocycles. The van der Waals surface area contributed by atoms with E-state index in [0.717, 1.165) is 44.0 Å². The zero-order valence-electron chi connectivity index (χ0n) is 9.10. The number of anilines is 1. The standard InChI is InChI=1S/C10H12INO3S2/c1-7-6-8(17-15-14-13)2-3-9(7)12-10(16)4-5-11/h2-3,6,13H,4-5H2,1H3,(H,12,16). The predicted octanol–water partition coefficient (Wildman–Crippen LogP) is 3.99. The lowest BCUT2D eigenvalue weighted by Gasteiger charge is -2.10. The molecular formula is C10H12INO3S2. The Morgan fingerprint density at radius 3 is 2.94 bits per heavy atom. The molecule has 17 heavy (non-hydrogen) atoms. The second-order valence-electron chi connectivity index (χ2n) is 3.19. The van der Waals surface area contributed by atoms with Crippen LogP contribution in [-0.2, 0) is 9.37 Å². The summed E-state index contributed by atoms with van der Waals surface area (Å²) < 4.78 is 5.36. The van der Waals surface area contributed by atoms with Crippen molar-refractivity contribution >= 4 is 57.5 Å². The van der Waals surface area contributed by atoms with Crippen LogP contribution in [-0.4, -0.2) is 14.7 Å². The van der Waals surface area contributed by atoms with Crippen LogP contribution in [0.1, 0.15) is 12.0 Å². The highest BCUT2D eigenvalue weighted by Crippen LogP contribution is 2.24. The molecule has 7 heteroatoms. The number of aryl methyl sites for hydroxylation is 1. The first kappa shape index (κ1) is 15.1. The van der Waals surface area contributed by atoms with Gasteiger partial charge in [0.25, 0.3) is 0 Å². The third kappa shape index (κ3) is 5.49.